The fourth-order valence-electron chi connectivity index (χ4n) is 2.33. The van der Waals surface area contributed by atoms with Crippen molar-refractivity contribution in [2.24, 2.45) is 5.92 Å². The maximum absolute atomic E-state index is 12.0. The van der Waals surface area contributed by atoms with Gasteiger partial charge in [-0.25, -0.2) is 0 Å². The molecule has 0 bridgehead atoms. The average Bonchev–Trinajstić information content (AvgIpc) is 2.33. The number of piperidine rings is 1. The van der Waals surface area contributed by atoms with Crippen LogP contribution >= 0.6 is 0 Å². The van der Waals surface area contributed by atoms with Crippen molar-refractivity contribution in [2.45, 2.75) is 32.1 Å². The molecule has 1 atom stereocenters. The fourth-order valence-corrected chi connectivity index (χ4v) is 2.33. The summed E-state index contributed by atoms with van der Waals surface area (Å²) in [5, 5.41) is 8.68. The van der Waals surface area contributed by atoms with Crippen molar-refractivity contribution in [1.29, 1.82) is 0 Å². The van der Waals surface area contributed by atoms with Gasteiger partial charge in [0.1, 0.15) is 0 Å². The minimum Gasteiger partial charge on any atom is -0.481 e. The van der Waals surface area contributed by atoms with Crippen LogP contribution in [0.5, 0.6) is 0 Å². The standard InChI is InChI=1S/C13H24N2O3/c1-14(2)9-7-12(16)15-8-3-4-11(10-15)5-6-13(17)18/h11H,3-10H2,1-2H3,(H,17,18). The van der Waals surface area contributed by atoms with Crippen LogP contribution in [0.15, 0.2) is 0 Å². The quantitative estimate of drug-likeness (QED) is 0.771. The third kappa shape index (κ3) is 5.49. The molecule has 0 aromatic rings. The minimum absolute atomic E-state index is 0.198. The van der Waals surface area contributed by atoms with Gasteiger partial charge in [0, 0.05) is 32.5 Å². The van der Waals surface area contributed by atoms with Gasteiger partial charge in [0.15, 0.2) is 0 Å². The van der Waals surface area contributed by atoms with Gasteiger partial charge < -0.3 is 14.9 Å². The highest BCUT2D eigenvalue weighted by atomic mass is 16.4. The number of hydrogen-bond donors (Lipinski definition) is 1. The van der Waals surface area contributed by atoms with Crippen LogP contribution in [0.4, 0.5) is 0 Å². The Bertz CT molecular complexity index is 292. The first-order valence-corrected chi connectivity index (χ1v) is 6.63. The summed E-state index contributed by atoms with van der Waals surface area (Å²) in [6, 6.07) is 0. The van der Waals surface area contributed by atoms with E-state index in [1.54, 1.807) is 0 Å². The van der Waals surface area contributed by atoms with E-state index in [1.165, 1.54) is 0 Å². The van der Waals surface area contributed by atoms with Crippen LogP contribution in [0.1, 0.15) is 32.1 Å². The minimum atomic E-state index is -0.744. The summed E-state index contributed by atoms with van der Waals surface area (Å²) in [7, 11) is 3.91. The normalized spacial score (nSPS) is 20.2. The number of likely N-dealkylation sites (tertiary alicyclic amines) is 1. The van der Waals surface area contributed by atoms with E-state index in [2.05, 4.69) is 0 Å². The van der Waals surface area contributed by atoms with Crippen LogP contribution in [-0.4, -0.2) is 60.5 Å². The summed E-state index contributed by atoms with van der Waals surface area (Å²) in [4.78, 5) is 26.4. The van der Waals surface area contributed by atoms with E-state index in [1.807, 2.05) is 23.9 Å². The second-order valence-corrected chi connectivity index (χ2v) is 5.33. The second-order valence-electron chi connectivity index (χ2n) is 5.33. The Morgan fingerprint density at radius 1 is 1.33 bits per heavy atom. The maximum atomic E-state index is 12.0. The Balaban J connectivity index is 2.33. The molecule has 0 spiro atoms. The first kappa shape index (κ1) is 15.0. The molecular formula is C13H24N2O3. The van der Waals surface area contributed by atoms with Gasteiger partial charge in [0.25, 0.3) is 0 Å². The van der Waals surface area contributed by atoms with Gasteiger partial charge in [-0.1, -0.05) is 0 Å². The lowest BCUT2D eigenvalue weighted by Gasteiger charge is -2.33. The largest absolute Gasteiger partial charge is 0.481 e. The van der Waals surface area contributed by atoms with Gasteiger partial charge in [0.2, 0.25) is 5.91 Å². The predicted molar refractivity (Wildman–Crippen MR) is 69.3 cm³/mol. The Kier molecular flexibility index (Phi) is 6.12. The molecule has 1 N–H and O–H groups in total. The van der Waals surface area contributed by atoms with Crippen molar-refractivity contribution in [1.82, 2.24) is 9.80 Å². The van der Waals surface area contributed by atoms with E-state index in [0.29, 0.717) is 18.8 Å². The lowest BCUT2D eigenvalue weighted by atomic mass is 9.93. The molecule has 1 unspecified atom stereocenters. The molecule has 1 heterocycles. The van der Waals surface area contributed by atoms with Gasteiger partial charge in [-0.3, -0.25) is 9.59 Å². The number of rotatable bonds is 6. The molecule has 1 aliphatic rings. The van der Waals surface area contributed by atoms with Crippen molar-refractivity contribution in [3.8, 4) is 0 Å². The van der Waals surface area contributed by atoms with Crippen LogP contribution in [0.2, 0.25) is 0 Å². The number of hydrogen-bond acceptors (Lipinski definition) is 3. The van der Waals surface area contributed by atoms with Crippen molar-refractivity contribution >= 4 is 11.9 Å². The maximum Gasteiger partial charge on any atom is 0.303 e. The highest BCUT2D eigenvalue weighted by Crippen LogP contribution is 2.21. The molecule has 1 fully saturated rings. The van der Waals surface area contributed by atoms with Gasteiger partial charge in [-0.05, 0) is 39.3 Å². The summed E-state index contributed by atoms with van der Waals surface area (Å²) >= 11 is 0. The number of aliphatic carboxylic acids is 1. The lowest BCUT2D eigenvalue weighted by Crippen LogP contribution is -2.41. The highest BCUT2D eigenvalue weighted by Gasteiger charge is 2.23. The van der Waals surface area contributed by atoms with Gasteiger partial charge in [0.05, 0.1) is 0 Å². The lowest BCUT2D eigenvalue weighted by molar-refractivity contribution is -0.137. The van der Waals surface area contributed by atoms with Crippen LogP contribution in [0.3, 0.4) is 0 Å². The van der Waals surface area contributed by atoms with Gasteiger partial charge in [-0.15, -0.1) is 0 Å². The van der Waals surface area contributed by atoms with Crippen molar-refractivity contribution in [3.05, 3.63) is 0 Å². The topological polar surface area (TPSA) is 60.9 Å². The Hall–Kier alpha value is -1.10. The van der Waals surface area contributed by atoms with Gasteiger partial charge in [-0.2, -0.15) is 0 Å². The van der Waals surface area contributed by atoms with Crippen LogP contribution in [0, 0.1) is 5.92 Å². The van der Waals surface area contributed by atoms with E-state index in [-0.39, 0.29) is 12.3 Å². The van der Waals surface area contributed by atoms with Crippen LogP contribution < -0.4 is 0 Å². The van der Waals surface area contributed by atoms with E-state index in [0.717, 1.165) is 32.5 Å². The zero-order valence-corrected chi connectivity index (χ0v) is 11.4. The average molecular weight is 256 g/mol. The molecule has 18 heavy (non-hydrogen) atoms. The number of amides is 1. The molecular weight excluding hydrogens is 232 g/mol. The first-order chi connectivity index (χ1) is 8.49. The van der Waals surface area contributed by atoms with Crippen molar-refractivity contribution < 1.29 is 14.7 Å². The van der Waals surface area contributed by atoms with E-state index < -0.39 is 5.97 Å². The molecule has 5 heteroatoms. The molecule has 0 saturated carbocycles. The third-order valence-electron chi connectivity index (χ3n) is 3.41. The zero-order chi connectivity index (χ0) is 13.5. The zero-order valence-electron chi connectivity index (χ0n) is 11.4. The fraction of sp³-hybridized carbons (Fsp3) is 0.846. The molecule has 0 radical (unpaired) electrons. The number of carbonyl (C=O) groups is 2. The highest BCUT2D eigenvalue weighted by molar-refractivity contribution is 5.76. The summed E-state index contributed by atoms with van der Waals surface area (Å²) in [6.07, 6.45) is 3.50. The van der Waals surface area contributed by atoms with Gasteiger partial charge >= 0.3 is 5.97 Å². The van der Waals surface area contributed by atoms with E-state index >= 15 is 0 Å². The molecule has 1 aliphatic heterocycles. The summed E-state index contributed by atoms with van der Waals surface area (Å²) in [5.74, 6) is -0.187. The molecule has 0 aromatic carbocycles. The summed E-state index contributed by atoms with van der Waals surface area (Å²) < 4.78 is 0. The number of carboxylic acid groups (broad SMARTS) is 1. The Morgan fingerprint density at radius 3 is 2.67 bits per heavy atom. The third-order valence-corrected chi connectivity index (χ3v) is 3.41. The number of carboxylic acids is 1. The Labute approximate surface area is 109 Å². The Morgan fingerprint density at radius 2 is 2.06 bits per heavy atom. The molecule has 1 amide bonds. The first-order valence-electron chi connectivity index (χ1n) is 6.63. The SMILES string of the molecule is CN(C)CCC(=O)N1CCCC(CCC(=O)O)C1. The van der Waals surface area contributed by atoms with E-state index in [9.17, 15) is 9.59 Å². The number of carbonyl (C=O) groups excluding carboxylic acids is 1. The monoisotopic (exact) mass is 256 g/mol. The smallest absolute Gasteiger partial charge is 0.303 e. The van der Waals surface area contributed by atoms with Crippen molar-refractivity contribution in [2.75, 3.05) is 33.7 Å². The molecule has 5 nitrogen and oxygen atoms in total. The summed E-state index contributed by atoms with van der Waals surface area (Å²) in [5.41, 5.74) is 0. The van der Waals surface area contributed by atoms with Crippen LogP contribution in [-0.2, 0) is 9.59 Å². The van der Waals surface area contributed by atoms with Crippen LogP contribution in [0.25, 0.3) is 0 Å². The van der Waals surface area contributed by atoms with Crippen molar-refractivity contribution in [3.63, 3.8) is 0 Å². The summed E-state index contributed by atoms with van der Waals surface area (Å²) in [6.45, 7) is 2.34. The molecule has 1 rings (SSSR count). The predicted octanol–water partition coefficient (Wildman–Crippen LogP) is 1.04. The molecule has 0 aliphatic carbocycles. The van der Waals surface area contributed by atoms with E-state index in [4.69, 9.17) is 5.11 Å². The second kappa shape index (κ2) is 7.36. The molecule has 1 saturated heterocycles. The molecule has 104 valence electrons. The number of nitrogens with zero attached hydrogens (tertiary/aromatic N) is 2. The molecule has 0 aromatic heterocycles.